The summed E-state index contributed by atoms with van der Waals surface area (Å²) in [6.07, 6.45) is 1.16. The molecule has 0 bridgehead atoms. The molecular weight excluding hydrogens is 364 g/mol. The third-order valence-electron chi connectivity index (χ3n) is 4.64. The van der Waals surface area contributed by atoms with E-state index >= 15 is 0 Å². The summed E-state index contributed by atoms with van der Waals surface area (Å²) in [6.45, 7) is 1.19. The minimum Gasteiger partial charge on any atom is -0.461 e. The van der Waals surface area contributed by atoms with E-state index in [4.69, 9.17) is 21.6 Å². The van der Waals surface area contributed by atoms with Crippen molar-refractivity contribution in [3.63, 3.8) is 0 Å². The van der Waals surface area contributed by atoms with E-state index in [-0.39, 0.29) is 24.4 Å². The van der Waals surface area contributed by atoms with Gasteiger partial charge in [-0.1, -0.05) is 23.7 Å². The van der Waals surface area contributed by atoms with Crippen LogP contribution in [0.25, 0.3) is 0 Å². The van der Waals surface area contributed by atoms with Crippen LogP contribution in [-0.2, 0) is 16.1 Å². The van der Waals surface area contributed by atoms with E-state index in [2.05, 4.69) is 6.07 Å². The molecule has 1 aliphatic heterocycles. The first kappa shape index (κ1) is 18.9. The van der Waals surface area contributed by atoms with Gasteiger partial charge in [-0.05, 0) is 54.8 Å². The molecule has 1 saturated heterocycles. The van der Waals surface area contributed by atoms with Crippen molar-refractivity contribution in [2.75, 3.05) is 13.1 Å². The van der Waals surface area contributed by atoms with Crippen molar-refractivity contribution in [2.45, 2.75) is 19.4 Å². The number of hydrogen-bond acceptors (Lipinski definition) is 4. The molecule has 0 unspecified atom stereocenters. The number of benzene rings is 2. The second kappa shape index (κ2) is 8.70. The predicted octanol–water partition coefficient (Wildman–Crippen LogP) is 3.81. The first-order valence-corrected chi connectivity index (χ1v) is 9.15. The van der Waals surface area contributed by atoms with Crippen LogP contribution in [0.5, 0.6) is 0 Å². The molecule has 1 amide bonds. The van der Waals surface area contributed by atoms with E-state index in [1.54, 1.807) is 47.4 Å². The third-order valence-corrected chi connectivity index (χ3v) is 4.90. The Morgan fingerprint density at radius 1 is 1.15 bits per heavy atom. The lowest BCUT2D eigenvalue weighted by atomic mass is 9.96. The minimum atomic E-state index is -0.254. The van der Waals surface area contributed by atoms with E-state index in [0.717, 1.165) is 5.56 Å². The van der Waals surface area contributed by atoms with Gasteiger partial charge in [0.2, 0.25) is 0 Å². The number of nitrogens with zero attached hydrogens (tertiary/aromatic N) is 2. The molecule has 138 valence electrons. The van der Waals surface area contributed by atoms with Gasteiger partial charge in [-0.2, -0.15) is 5.26 Å². The normalized spacial score (nSPS) is 14.4. The zero-order valence-electron chi connectivity index (χ0n) is 14.7. The maximum Gasteiger partial charge on any atom is 0.309 e. The van der Waals surface area contributed by atoms with Crippen LogP contribution in [0.1, 0.15) is 34.3 Å². The van der Waals surface area contributed by atoms with Gasteiger partial charge in [0, 0.05) is 23.7 Å². The number of rotatable bonds is 4. The van der Waals surface area contributed by atoms with Crippen LogP contribution in [0.2, 0.25) is 5.02 Å². The largest absolute Gasteiger partial charge is 0.461 e. The lowest BCUT2D eigenvalue weighted by molar-refractivity contribution is -0.151. The summed E-state index contributed by atoms with van der Waals surface area (Å²) in [6, 6.07) is 15.9. The highest BCUT2D eigenvalue weighted by atomic mass is 35.5. The standard InChI is InChI=1S/C21H19ClN2O3/c22-19-6-4-17(5-7-19)20(25)24-10-8-18(9-11-24)21(26)27-14-16-3-1-2-15(12-16)13-23/h1-7,12,18H,8-11,14H2. The molecule has 27 heavy (non-hydrogen) atoms. The first-order valence-electron chi connectivity index (χ1n) is 8.77. The van der Waals surface area contributed by atoms with Crippen molar-refractivity contribution in [2.24, 2.45) is 5.92 Å². The van der Waals surface area contributed by atoms with Crippen LogP contribution in [0.15, 0.2) is 48.5 Å². The number of likely N-dealkylation sites (tertiary alicyclic amines) is 1. The quantitative estimate of drug-likeness (QED) is 0.754. The Kier molecular flexibility index (Phi) is 6.10. The van der Waals surface area contributed by atoms with E-state index in [0.29, 0.717) is 42.1 Å². The van der Waals surface area contributed by atoms with E-state index < -0.39 is 0 Å². The minimum absolute atomic E-state index is 0.0493. The molecule has 0 aliphatic carbocycles. The van der Waals surface area contributed by atoms with E-state index in [9.17, 15) is 9.59 Å². The zero-order chi connectivity index (χ0) is 19.2. The number of nitriles is 1. The Bertz CT molecular complexity index is 866. The molecule has 0 atom stereocenters. The molecule has 3 rings (SSSR count). The van der Waals surface area contributed by atoms with Gasteiger partial charge in [0.15, 0.2) is 0 Å². The van der Waals surface area contributed by atoms with Gasteiger partial charge < -0.3 is 9.64 Å². The lowest BCUT2D eigenvalue weighted by Gasteiger charge is -2.31. The van der Waals surface area contributed by atoms with Crippen molar-refractivity contribution in [1.29, 1.82) is 5.26 Å². The molecule has 5 nitrogen and oxygen atoms in total. The Balaban J connectivity index is 1.49. The number of ether oxygens (including phenoxy) is 1. The van der Waals surface area contributed by atoms with Crippen molar-refractivity contribution < 1.29 is 14.3 Å². The summed E-state index contributed by atoms with van der Waals surface area (Å²) in [4.78, 5) is 26.6. The Morgan fingerprint density at radius 2 is 1.85 bits per heavy atom. The van der Waals surface area contributed by atoms with Crippen LogP contribution in [0, 0.1) is 17.2 Å². The number of hydrogen-bond donors (Lipinski definition) is 0. The highest BCUT2D eigenvalue weighted by Gasteiger charge is 2.28. The van der Waals surface area contributed by atoms with Crippen molar-refractivity contribution in [3.8, 4) is 6.07 Å². The highest BCUT2D eigenvalue weighted by molar-refractivity contribution is 6.30. The second-order valence-electron chi connectivity index (χ2n) is 6.49. The Hall–Kier alpha value is -2.84. The van der Waals surface area contributed by atoms with Gasteiger partial charge >= 0.3 is 5.97 Å². The summed E-state index contributed by atoms with van der Waals surface area (Å²) in [5.41, 5.74) is 1.92. The summed E-state index contributed by atoms with van der Waals surface area (Å²) in [7, 11) is 0. The fraction of sp³-hybridized carbons (Fsp3) is 0.286. The lowest BCUT2D eigenvalue weighted by Crippen LogP contribution is -2.40. The molecule has 0 radical (unpaired) electrons. The van der Waals surface area contributed by atoms with Gasteiger partial charge in [-0.15, -0.1) is 0 Å². The van der Waals surface area contributed by atoms with Crippen LogP contribution in [0.3, 0.4) is 0 Å². The molecule has 0 N–H and O–H groups in total. The Labute approximate surface area is 163 Å². The monoisotopic (exact) mass is 382 g/mol. The fourth-order valence-corrected chi connectivity index (χ4v) is 3.22. The average molecular weight is 383 g/mol. The molecule has 1 heterocycles. The summed E-state index contributed by atoms with van der Waals surface area (Å²) >= 11 is 5.85. The van der Waals surface area contributed by atoms with Gasteiger partial charge in [-0.3, -0.25) is 9.59 Å². The Morgan fingerprint density at radius 3 is 2.52 bits per heavy atom. The molecule has 1 fully saturated rings. The summed E-state index contributed by atoms with van der Waals surface area (Å²) in [5.74, 6) is -0.513. The number of piperidine rings is 1. The topological polar surface area (TPSA) is 70.4 Å². The van der Waals surface area contributed by atoms with Crippen LogP contribution >= 0.6 is 11.6 Å². The molecule has 0 spiro atoms. The van der Waals surface area contributed by atoms with Crippen molar-refractivity contribution >= 4 is 23.5 Å². The number of esters is 1. The SMILES string of the molecule is N#Cc1cccc(COC(=O)C2CCN(C(=O)c3ccc(Cl)cc3)CC2)c1. The van der Waals surface area contributed by atoms with Gasteiger partial charge in [0.25, 0.3) is 5.91 Å². The predicted molar refractivity (Wildman–Crippen MR) is 101 cm³/mol. The molecule has 6 heteroatoms. The van der Waals surface area contributed by atoms with Gasteiger partial charge in [-0.25, -0.2) is 0 Å². The average Bonchev–Trinajstić information content (AvgIpc) is 2.72. The summed E-state index contributed by atoms with van der Waals surface area (Å²) < 4.78 is 5.39. The number of carbonyl (C=O) groups is 2. The molecule has 1 aliphatic rings. The van der Waals surface area contributed by atoms with Crippen molar-refractivity contribution in [1.82, 2.24) is 4.90 Å². The van der Waals surface area contributed by atoms with Crippen molar-refractivity contribution in [3.05, 3.63) is 70.2 Å². The molecular formula is C21H19ClN2O3. The fourth-order valence-electron chi connectivity index (χ4n) is 3.10. The maximum absolute atomic E-state index is 12.5. The van der Waals surface area contributed by atoms with Crippen LogP contribution in [0.4, 0.5) is 0 Å². The van der Waals surface area contributed by atoms with Gasteiger partial charge in [0.05, 0.1) is 17.6 Å². The zero-order valence-corrected chi connectivity index (χ0v) is 15.5. The number of amides is 1. The first-order chi connectivity index (χ1) is 13.1. The highest BCUT2D eigenvalue weighted by Crippen LogP contribution is 2.21. The smallest absolute Gasteiger partial charge is 0.309 e. The third kappa shape index (κ3) is 4.87. The molecule has 2 aromatic carbocycles. The van der Waals surface area contributed by atoms with E-state index in [1.807, 2.05) is 6.07 Å². The summed E-state index contributed by atoms with van der Waals surface area (Å²) in [5, 5.41) is 9.50. The molecule has 0 saturated carbocycles. The van der Waals surface area contributed by atoms with Crippen LogP contribution < -0.4 is 0 Å². The van der Waals surface area contributed by atoms with Crippen LogP contribution in [-0.4, -0.2) is 29.9 Å². The molecule has 0 aromatic heterocycles. The molecule has 2 aromatic rings. The number of halogens is 1. The maximum atomic E-state index is 12.5. The number of carbonyl (C=O) groups excluding carboxylic acids is 2. The van der Waals surface area contributed by atoms with Gasteiger partial charge in [0.1, 0.15) is 6.61 Å². The van der Waals surface area contributed by atoms with E-state index in [1.165, 1.54) is 0 Å². The second-order valence-corrected chi connectivity index (χ2v) is 6.93.